The number of aryl methyl sites for hydroxylation is 1. The number of amides is 2. The Kier molecular flexibility index (Phi) is 7.13. The van der Waals surface area contributed by atoms with Gasteiger partial charge in [0.2, 0.25) is 5.91 Å². The number of halogens is 1. The molecule has 0 bridgehead atoms. The van der Waals surface area contributed by atoms with E-state index < -0.39 is 0 Å². The molecule has 2 amide bonds. The lowest BCUT2D eigenvalue weighted by Gasteiger charge is -2.11. The van der Waals surface area contributed by atoms with E-state index in [-0.39, 0.29) is 16.9 Å². The molecule has 0 spiro atoms. The van der Waals surface area contributed by atoms with Crippen molar-refractivity contribution in [1.82, 2.24) is 16.2 Å². The van der Waals surface area contributed by atoms with Gasteiger partial charge in [0.25, 0.3) is 5.91 Å². The first kappa shape index (κ1) is 18.3. The summed E-state index contributed by atoms with van der Waals surface area (Å²) in [4.78, 5) is 23.9. The SMILES string of the molecule is O=C(CCc1ccccc1)NC(=S)NNC(=O)c1ccccc1I. The quantitative estimate of drug-likeness (QED) is 0.378. The number of hydrogen-bond donors (Lipinski definition) is 3. The van der Waals surface area contributed by atoms with Crippen LogP contribution in [0.25, 0.3) is 0 Å². The number of benzene rings is 2. The van der Waals surface area contributed by atoms with E-state index in [0.717, 1.165) is 9.13 Å². The van der Waals surface area contributed by atoms with Crippen molar-refractivity contribution in [3.05, 3.63) is 69.3 Å². The van der Waals surface area contributed by atoms with Gasteiger partial charge in [-0.15, -0.1) is 0 Å². The maximum Gasteiger partial charge on any atom is 0.270 e. The molecule has 0 radical (unpaired) electrons. The van der Waals surface area contributed by atoms with Crippen LogP contribution in [0.4, 0.5) is 0 Å². The Balaban J connectivity index is 1.74. The largest absolute Gasteiger partial charge is 0.302 e. The van der Waals surface area contributed by atoms with Gasteiger partial charge in [-0.1, -0.05) is 42.5 Å². The number of hydrogen-bond acceptors (Lipinski definition) is 3. The molecule has 0 atom stereocenters. The van der Waals surface area contributed by atoms with E-state index in [1.807, 2.05) is 42.5 Å². The van der Waals surface area contributed by atoms with Crippen LogP contribution >= 0.6 is 34.8 Å². The average Bonchev–Trinajstić information content (AvgIpc) is 2.59. The highest BCUT2D eigenvalue weighted by Gasteiger charge is 2.10. The van der Waals surface area contributed by atoms with Gasteiger partial charge in [0, 0.05) is 9.99 Å². The van der Waals surface area contributed by atoms with Gasteiger partial charge in [-0.05, 0) is 58.9 Å². The molecule has 2 rings (SSSR count). The Morgan fingerprint density at radius 1 is 0.958 bits per heavy atom. The number of carbonyl (C=O) groups is 2. The van der Waals surface area contributed by atoms with Gasteiger partial charge in [-0.25, -0.2) is 0 Å². The molecular weight excluding hydrogens is 437 g/mol. The van der Waals surface area contributed by atoms with Crippen molar-refractivity contribution < 1.29 is 9.59 Å². The topological polar surface area (TPSA) is 70.2 Å². The number of nitrogens with one attached hydrogen (secondary N) is 3. The normalized spacial score (nSPS) is 9.88. The molecule has 0 aliphatic rings. The summed E-state index contributed by atoms with van der Waals surface area (Å²) in [5, 5.41) is 2.60. The first-order valence-electron chi connectivity index (χ1n) is 7.25. The minimum absolute atomic E-state index is 0.0624. The molecule has 24 heavy (non-hydrogen) atoms. The third kappa shape index (κ3) is 5.89. The summed E-state index contributed by atoms with van der Waals surface area (Å²) in [5.74, 6) is -0.527. The van der Waals surface area contributed by atoms with E-state index >= 15 is 0 Å². The van der Waals surface area contributed by atoms with Crippen LogP contribution < -0.4 is 16.2 Å². The second kappa shape index (κ2) is 9.33. The highest BCUT2D eigenvalue weighted by atomic mass is 127. The van der Waals surface area contributed by atoms with Crippen molar-refractivity contribution in [2.45, 2.75) is 12.8 Å². The maximum absolute atomic E-state index is 12.0. The molecule has 0 saturated heterocycles. The molecule has 3 N–H and O–H groups in total. The van der Waals surface area contributed by atoms with E-state index in [1.54, 1.807) is 12.1 Å². The Morgan fingerprint density at radius 2 is 1.62 bits per heavy atom. The monoisotopic (exact) mass is 453 g/mol. The highest BCUT2D eigenvalue weighted by Crippen LogP contribution is 2.10. The van der Waals surface area contributed by atoms with Gasteiger partial charge in [-0.2, -0.15) is 0 Å². The lowest BCUT2D eigenvalue weighted by molar-refractivity contribution is -0.119. The molecule has 2 aromatic carbocycles. The molecular formula is C17H16IN3O2S. The smallest absolute Gasteiger partial charge is 0.270 e. The lowest BCUT2D eigenvalue weighted by Crippen LogP contribution is -2.48. The van der Waals surface area contributed by atoms with Crippen LogP contribution in [0, 0.1) is 3.57 Å². The summed E-state index contributed by atoms with van der Waals surface area (Å²) in [6.45, 7) is 0. The minimum Gasteiger partial charge on any atom is -0.302 e. The zero-order chi connectivity index (χ0) is 17.4. The van der Waals surface area contributed by atoms with Crippen molar-refractivity contribution in [2.24, 2.45) is 0 Å². The molecule has 0 unspecified atom stereocenters. The molecule has 7 heteroatoms. The zero-order valence-corrected chi connectivity index (χ0v) is 15.7. The van der Waals surface area contributed by atoms with Gasteiger partial charge in [-0.3, -0.25) is 20.4 Å². The van der Waals surface area contributed by atoms with Gasteiger partial charge in [0.15, 0.2) is 5.11 Å². The predicted molar refractivity (Wildman–Crippen MR) is 105 cm³/mol. The van der Waals surface area contributed by atoms with Gasteiger partial charge >= 0.3 is 0 Å². The summed E-state index contributed by atoms with van der Waals surface area (Å²) in [5.41, 5.74) is 6.62. The third-order valence-electron chi connectivity index (χ3n) is 3.14. The molecule has 0 aromatic heterocycles. The van der Waals surface area contributed by atoms with Crippen molar-refractivity contribution in [3.8, 4) is 0 Å². The fraction of sp³-hybridized carbons (Fsp3) is 0.118. The second-order valence-corrected chi connectivity index (χ2v) is 6.49. The van der Waals surface area contributed by atoms with Crippen LogP contribution in [-0.2, 0) is 11.2 Å². The predicted octanol–water partition coefficient (Wildman–Crippen LogP) is 2.56. The maximum atomic E-state index is 12.0. The van der Waals surface area contributed by atoms with Crippen molar-refractivity contribution in [2.75, 3.05) is 0 Å². The minimum atomic E-state index is -0.319. The van der Waals surface area contributed by atoms with Gasteiger partial charge in [0.05, 0.1) is 5.56 Å². The Hall–Kier alpha value is -2.00. The third-order valence-corrected chi connectivity index (χ3v) is 4.29. The summed E-state index contributed by atoms with van der Waals surface area (Å²) < 4.78 is 0.826. The zero-order valence-electron chi connectivity index (χ0n) is 12.7. The summed E-state index contributed by atoms with van der Waals surface area (Å²) in [6, 6.07) is 16.9. The van der Waals surface area contributed by atoms with Crippen LogP contribution in [0.15, 0.2) is 54.6 Å². The fourth-order valence-corrected chi connectivity index (χ4v) is 2.75. The summed E-state index contributed by atoms with van der Waals surface area (Å²) in [6.07, 6.45) is 0.945. The van der Waals surface area contributed by atoms with E-state index in [2.05, 4.69) is 38.8 Å². The molecule has 2 aromatic rings. The van der Waals surface area contributed by atoms with Crippen molar-refractivity contribution >= 4 is 51.7 Å². The first-order valence-corrected chi connectivity index (χ1v) is 8.73. The summed E-state index contributed by atoms with van der Waals surface area (Å²) in [7, 11) is 0. The summed E-state index contributed by atoms with van der Waals surface area (Å²) >= 11 is 7.08. The standard InChI is InChI=1S/C17H16IN3O2S/c18-14-9-5-4-8-13(14)16(23)20-21-17(24)19-15(22)11-10-12-6-2-1-3-7-12/h1-9H,10-11H2,(H,20,23)(H2,19,21,22,24). The van der Waals surface area contributed by atoms with Gasteiger partial charge in [0.1, 0.15) is 0 Å². The van der Waals surface area contributed by atoms with Crippen LogP contribution in [0.1, 0.15) is 22.3 Å². The number of carbonyl (C=O) groups excluding carboxylic acids is 2. The van der Waals surface area contributed by atoms with E-state index in [1.165, 1.54) is 0 Å². The molecule has 5 nitrogen and oxygen atoms in total. The average molecular weight is 453 g/mol. The van der Waals surface area contributed by atoms with E-state index in [4.69, 9.17) is 12.2 Å². The van der Waals surface area contributed by atoms with E-state index in [9.17, 15) is 9.59 Å². The van der Waals surface area contributed by atoms with E-state index in [0.29, 0.717) is 18.4 Å². The van der Waals surface area contributed by atoms with Crippen molar-refractivity contribution in [1.29, 1.82) is 0 Å². The number of thiocarbonyl (C=S) groups is 1. The number of hydrazine groups is 1. The van der Waals surface area contributed by atoms with Crippen LogP contribution in [-0.4, -0.2) is 16.9 Å². The van der Waals surface area contributed by atoms with Crippen LogP contribution in [0.3, 0.4) is 0 Å². The first-order chi connectivity index (χ1) is 11.6. The molecule has 0 saturated carbocycles. The second-order valence-electron chi connectivity index (χ2n) is 4.92. The number of rotatable bonds is 4. The lowest BCUT2D eigenvalue weighted by atomic mass is 10.1. The molecule has 124 valence electrons. The van der Waals surface area contributed by atoms with Crippen molar-refractivity contribution in [3.63, 3.8) is 0 Å². The molecule has 0 aliphatic heterocycles. The Labute approximate surface area is 159 Å². The Morgan fingerprint density at radius 3 is 2.33 bits per heavy atom. The molecule has 0 heterocycles. The molecule has 0 aliphatic carbocycles. The van der Waals surface area contributed by atoms with Crippen LogP contribution in [0.5, 0.6) is 0 Å². The molecule has 0 fully saturated rings. The Bertz CT molecular complexity index is 738. The highest BCUT2D eigenvalue weighted by molar-refractivity contribution is 14.1. The fourth-order valence-electron chi connectivity index (χ4n) is 1.95. The van der Waals surface area contributed by atoms with Crippen LogP contribution in [0.2, 0.25) is 0 Å². The van der Waals surface area contributed by atoms with Gasteiger partial charge < -0.3 is 5.32 Å².